The Morgan fingerprint density at radius 1 is 1.33 bits per heavy atom. The topological polar surface area (TPSA) is 91.0 Å². The van der Waals surface area contributed by atoms with E-state index >= 15 is 0 Å². The Kier molecular flexibility index (Phi) is 6.75. The fourth-order valence-electron chi connectivity index (χ4n) is 4.08. The van der Waals surface area contributed by atoms with Gasteiger partial charge in [0.2, 0.25) is 10.0 Å². The molecule has 1 aliphatic carbocycles. The van der Waals surface area contributed by atoms with Gasteiger partial charge < -0.3 is 14.7 Å². The van der Waals surface area contributed by atoms with E-state index in [2.05, 4.69) is 27.3 Å². The summed E-state index contributed by atoms with van der Waals surface area (Å²) in [6.45, 7) is 5.47. The number of rotatable bonds is 5. The third-order valence-electron chi connectivity index (χ3n) is 5.56. The number of aromatic nitrogens is 1. The van der Waals surface area contributed by atoms with E-state index in [1.807, 2.05) is 0 Å². The molecule has 9 heteroatoms. The van der Waals surface area contributed by atoms with Gasteiger partial charge in [-0.3, -0.25) is 4.99 Å². The molecular formula is C18H31N5O3S. The number of sulfonamides is 1. The minimum atomic E-state index is -3.37. The lowest BCUT2D eigenvalue weighted by atomic mass is 9.82. The zero-order valence-corrected chi connectivity index (χ0v) is 17.1. The number of hydrogen-bond donors (Lipinski definition) is 1. The van der Waals surface area contributed by atoms with E-state index in [1.165, 1.54) is 36.3 Å². The molecule has 152 valence electrons. The van der Waals surface area contributed by atoms with Crippen molar-refractivity contribution in [1.82, 2.24) is 19.7 Å². The first-order valence-corrected chi connectivity index (χ1v) is 11.4. The summed E-state index contributed by atoms with van der Waals surface area (Å²) >= 11 is 0. The van der Waals surface area contributed by atoms with E-state index in [4.69, 9.17) is 4.52 Å². The summed E-state index contributed by atoms with van der Waals surface area (Å²) in [5.74, 6) is 2.28. The van der Waals surface area contributed by atoms with Crippen molar-refractivity contribution in [1.29, 1.82) is 0 Å². The predicted octanol–water partition coefficient (Wildman–Crippen LogP) is 1.52. The molecule has 1 saturated heterocycles. The van der Waals surface area contributed by atoms with Crippen molar-refractivity contribution in [3.05, 3.63) is 18.0 Å². The third-order valence-corrected chi connectivity index (χ3v) is 7.37. The Bertz CT molecular complexity index is 711. The molecule has 2 atom stereocenters. The van der Waals surface area contributed by atoms with Crippen molar-refractivity contribution in [2.45, 2.75) is 38.4 Å². The third kappa shape index (κ3) is 5.44. The van der Waals surface area contributed by atoms with Gasteiger partial charge in [-0.05, 0) is 24.7 Å². The standard InChI is InChI=1S/C18H31N5O3S/c1-15-4-3-5-16(12-15)13-20-18(19-2)22-7-9-23(10-8-22)27(24,25)14-17-6-11-26-21-17/h6,11,15-16H,3-5,7-10,12-14H2,1-2H3,(H,19,20). The van der Waals surface area contributed by atoms with Crippen molar-refractivity contribution >= 4 is 16.0 Å². The first kappa shape index (κ1) is 20.1. The molecule has 1 N–H and O–H groups in total. The van der Waals surface area contributed by atoms with Crippen LogP contribution < -0.4 is 5.32 Å². The number of nitrogens with one attached hydrogen (secondary N) is 1. The Morgan fingerprint density at radius 3 is 2.74 bits per heavy atom. The van der Waals surface area contributed by atoms with E-state index in [0.717, 1.165) is 18.4 Å². The molecular weight excluding hydrogens is 366 g/mol. The molecule has 0 spiro atoms. The zero-order chi connectivity index (χ0) is 19.3. The van der Waals surface area contributed by atoms with Gasteiger partial charge >= 0.3 is 0 Å². The van der Waals surface area contributed by atoms with Gasteiger partial charge in [-0.25, -0.2) is 8.42 Å². The van der Waals surface area contributed by atoms with Crippen LogP contribution in [0, 0.1) is 11.8 Å². The highest BCUT2D eigenvalue weighted by atomic mass is 32.2. The number of guanidine groups is 1. The maximum absolute atomic E-state index is 12.5. The zero-order valence-electron chi connectivity index (χ0n) is 16.3. The van der Waals surface area contributed by atoms with Crippen molar-refractivity contribution < 1.29 is 12.9 Å². The summed E-state index contributed by atoms with van der Waals surface area (Å²) in [4.78, 5) is 6.55. The molecule has 0 amide bonds. The van der Waals surface area contributed by atoms with Crippen molar-refractivity contribution in [2.24, 2.45) is 16.8 Å². The maximum Gasteiger partial charge on any atom is 0.220 e. The predicted molar refractivity (Wildman–Crippen MR) is 105 cm³/mol. The molecule has 2 unspecified atom stereocenters. The Labute approximate surface area is 162 Å². The lowest BCUT2D eigenvalue weighted by molar-refractivity contribution is 0.252. The molecule has 1 saturated carbocycles. The Balaban J connectivity index is 1.48. The molecule has 1 aromatic heterocycles. The maximum atomic E-state index is 12.5. The molecule has 2 aliphatic rings. The van der Waals surface area contributed by atoms with Crippen molar-refractivity contribution in [3.8, 4) is 0 Å². The van der Waals surface area contributed by atoms with Crippen LogP contribution in [0.25, 0.3) is 0 Å². The Hall–Kier alpha value is -1.61. The largest absolute Gasteiger partial charge is 0.364 e. The van der Waals surface area contributed by atoms with Crippen LogP contribution in [-0.4, -0.2) is 68.5 Å². The van der Waals surface area contributed by atoms with Gasteiger partial charge in [-0.15, -0.1) is 0 Å². The molecule has 0 aromatic carbocycles. The summed E-state index contributed by atoms with van der Waals surface area (Å²) < 4.78 is 31.3. The van der Waals surface area contributed by atoms with Crippen LogP contribution in [0.5, 0.6) is 0 Å². The quantitative estimate of drug-likeness (QED) is 0.598. The van der Waals surface area contributed by atoms with Crippen LogP contribution in [0.1, 0.15) is 38.3 Å². The van der Waals surface area contributed by atoms with Gasteiger partial charge in [0.1, 0.15) is 12.0 Å². The van der Waals surface area contributed by atoms with Crippen LogP contribution in [0.2, 0.25) is 0 Å². The van der Waals surface area contributed by atoms with Crippen LogP contribution in [0.3, 0.4) is 0 Å². The summed E-state index contributed by atoms with van der Waals surface area (Å²) in [5, 5.41) is 7.21. The highest BCUT2D eigenvalue weighted by Gasteiger charge is 2.29. The molecule has 1 aromatic rings. The van der Waals surface area contributed by atoms with Crippen LogP contribution in [-0.2, 0) is 15.8 Å². The highest BCUT2D eigenvalue weighted by Crippen LogP contribution is 2.28. The first-order chi connectivity index (χ1) is 13.0. The number of aliphatic imine (C=N–C) groups is 1. The molecule has 1 aliphatic heterocycles. The van der Waals surface area contributed by atoms with Gasteiger partial charge in [-0.1, -0.05) is 24.9 Å². The SMILES string of the molecule is CN=C(NCC1CCCC(C)C1)N1CCN(S(=O)(=O)Cc2ccon2)CC1. The fourth-order valence-corrected chi connectivity index (χ4v) is 5.51. The lowest BCUT2D eigenvalue weighted by Gasteiger charge is -2.36. The first-order valence-electron chi connectivity index (χ1n) is 9.80. The van der Waals surface area contributed by atoms with Gasteiger partial charge in [0.25, 0.3) is 0 Å². The average Bonchev–Trinajstić information content (AvgIpc) is 3.15. The second-order valence-electron chi connectivity index (χ2n) is 7.70. The van der Waals surface area contributed by atoms with E-state index in [9.17, 15) is 8.42 Å². The minimum Gasteiger partial charge on any atom is -0.364 e. The summed E-state index contributed by atoms with van der Waals surface area (Å²) in [5.41, 5.74) is 0.441. The molecule has 0 radical (unpaired) electrons. The summed E-state index contributed by atoms with van der Waals surface area (Å²) in [7, 11) is -1.58. The van der Waals surface area contributed by atoms with Gasteiger partial charge in [-0.2, -0.15) is 4.31 Å². The smallest absolute Gasteiger partial charge is 0.220 e. The van der Waals surface area contributed by atoms with Gasteiger partial charge in [0.05, 0.1) is 5.69 Å². The molecule has 3 rings (SSSR count). The number of nitrogens with zero attached hydrogens (tertiary/aromatic N) is 4. The summed E-state index contributed by atoms with van der Waals surface area (Å²) in [6.07, 6.45) is 6.61. The monoisotopic (exact) mass is 397 g/mol. The molecule has 0 bridgehead atoms. The average molecular weight is 398 g/mol. The number of hydrogen-bond acceptors (Lipinski definition) is 5. The van der Waals surface area contributed by atoms with E-state index < -0.39 is 10.0 Å². The fraction of sp³-hybridized carbons (Fsp3) is 0.778. The molecule has 2 fully saturated rings. The normalized spacial score (nSPS) is 25.6. The minimum absolute atomic E-state index is 0.115. The highest BCUT2D eigenvalue weighted by molar-refractivity contribution is 7.88. The van der Waals surface area contributed by atoms with Crippen LogP contribution in [0.4, 0.5) is 0 Å². The molecule has 8 nitrogen and oxygen atoms in total. The van der Waals surface area contributed by atoms with E-state index in [1.54, 1.807) is 13.1 Å². The van der Waals surface area contributed by atoms with Gasteiger partial charge in [0, 0.05) is 45.8 Å². The second kappa shape index (κ2) is 9.05. The van der Waals surface area contributed by atoms with Crippen molar-refractivity contribution in [2.75, 3.05) is 39.8 Å². The lowest BCUT2D eigenvalue weighted by Crippen LogP contribution is -2.54. The second-order valence-corrected chi connectivity index (χ2v) is 9.67. The van der Waals surface area contributed by atoms with Crippen molar-refractivity contribution in [3.63, 3.8) is 0 Å². The Morgan fingerprint density at radius 2 is 2.11 bits per heavy atom. The molecule has 27 heavy (non-hydrogen) atoms. The van der Waals surface area contributed by atoms with E-state index in [-0.39, 0.29) is 5.75 Å². The summed E-state index contributed by atoms with van der Waals surface area (Å²) in [6, 6.07) is 1.59. The molecule has 2 heterocycles. The van der Waals surface area contributed by atoms with Gasteiger partial charge in [0.15, 0.2) is 5.96 Å². The number of piperazine rings is 1. The van der Waals surface area contributed by atoms with Crippen LogP contribution in [0.15, 0.2) is 21.8 Å². The van der Waals surface area contributed by atoms with E-state index in [0.29, 0.717) is 37.8 Å². The van der Waals surface area contributed by atoms with Crippen LogP contribution >= 0.6 is 0 Å².